The van der Waals surface area contributed by atoms with Crippen LogP contribution in [-0.2, 0) is 0 Å². The normalized spacial score (nSPS) is 18.2. The monoisotopic (exact) mass is 333 g/mol. The van der Waals surface area contributed by atoms with Gasteiger partial charge in [-0.05, 0) is 44.0 Å². The van der Waals surface area contributed by atoms with Crippen molar-refractivity contribution in [2.45, 2.75) is 25.8 Å². The minimum Gasteiger partial charge on any atom is -0.315 e. The van der Waals surface area contributed by atoms with Crippen molar-refractivity contribution in [3.05, 3.63) is 42.6 Å². The molecule has 4 aromatic rings. The number of nitrogens with zero attached hydrogens (tertiary/aromatic N) is 6. The smallest absolute Gasteiger partial charge is 0.165 e. The average molecular weight is 333 g/mol. The van der Waals surface area contributed by atoms with Crippen LogP contribution in [0.15, 0.2) is 37.1 Å². The van der Waals surface area contributed by atoms with E-state index in [0.29, 0.717) is 11.9 Å². The SMILES string of the molecule is Cc1ccn2ncc(-c3ncc4ncn(C5CCCNC5)c4n3)c2c1. The van der Waals surface area contributed by atoms with Crippen LogP contribution in [0, 0.1) is 6.92 Å². The Morgan fingerprint density at radius 2 is 2.20 bits per heavy atom. The van der Waals surface area contributed by atoms with E-state index in [9.17, 15) is 0 Å². The van der Waals surface area contributed by atoms with Gasteiger partial charge in [0.05, 0.1) is 29.8 Å². The molecule has 1 N–H and O–H groups in total. The van der Waals surface area contributed by atoms with Gasteiger partial charge in [0.25, 0.3) is 0 Å². The number of imidazole rings is 1. The second-order valence-electron chi connectivity index (χ2n) is 6.65. The molecule has 1 aliphatic rings. The molecule has 126 valence electrons. The number of nitrogens with one attached hydrogen (secondary N) is 1. The molecular formula is C18H19N7. The molecule has 5 rings (SSSR count). The molecule has 25 heavy (non-hydrogen) atoms. The maximum atomic E-state index is 4.84. The van der Waals surface area contributed by atoms with Crippen LogP contribution >= 0.6 is 0 Å². The fourth-order valence-electron chi connectivity index (χ4n) is 3.55. The Bertz CT molecular complexity index is 1060. The highest BCUT2D eigenvalue weighted by Crippen LogP contribution is 2.25. The van der Waals surface area contributed by atoms with Crippen molar-refractivity contribution >= 4 is 16.7 Å². The van der Waals surface area contributed by atoms with Crippen LogP contribution in [0.25, 0.3) is 28.1 Å². The predicted molar refractivity (Wildman–Crippen MR) is 95.4 cm³/mol. The third kappa shape index (κ3) is 2.39. The second kappa shape index (κ2) is 5.63. The molecule has 5 heterocycles. The Labute approximate surface area is 144 Å². The largest absolute Gasteiger partial charge is 0.315 e. The Kier molecular flexibility index (Phi) is 3.27. The first-order valence-corrected chi connectivity index (χ1v) is 8.64. The van der Waals surface area contributed by atoms with E-state index in [1.165, 1.54) is 12.0 Å². The standard InChI is InChI=1S/C18H19N7/c1-12-4-6-25-16(7-12)14(9-22-25)17-20-10-15-18(23-17)24(11-21-15)13-3-2-5-19-8-13/h4,6-7,9-11,13,19H,2-3,5,8H2,1H3. The summed E-state index contributed by atoms with van der Waals surface area (Å²) in [6, 6.07) is 4.55. The van der Waals surface area contributed by atoms with Gasteiger partial charge in [0.2, 0.25) is 0 Å². The fourth-order valence-corrected chi connectivity index (χ4v) is 3.55. The average Bonchev–Trinajstić information content (AvgIpc) is 3.25. The van der Waals surface area contributed by atoms with E-state index in [2.05, 4.69) is 37.9 Å². The second-order valence-corrected chi connectivity index (χ2v) is 6.65. The van der Waals surface area contributed by atoms with Gasteiger partial charge in [0.1, 0.15) is 5.52 Å². The lowest BCUT2D eigenvalue weighted by Crippen LogP contribution is -2.31. The van der Waals surface area contributed by atoms with Gasteiger partial charge in [0.15, 0.2) is 11.5 Å². The maximum absolute atomic E-state index is 4.84. The van der Waals surface area contributed by atoms with Crippen molar-refractivity contribution in [2.24, 2.45) is 0 Å². The van der Waals surface area contributed by atoms with Gasteiger partial charge in [-0.25, -0.2) is 19.5 Å². The first kappa shape index (κ1) is 14.5. The molecule has 0 saturated carbocycles. The molecule has 0 amide bonds. The molecule has 4 aromatic heterocycles. The lowest BCUT2D eigenvalue weighted by Gasteiger charge is -2.24. The zero-order valence-corrected chi connectivity index (χ0v) is 14.1. The Morgan fingerprint density at radius 1 is 1.24 bits per heavy atom. The van der Waals surface area contributed by atoms with Crippen LogP contribution < -0.4 is 5.32 Å². The van der Waals surface area contributed by atoms with Crippen molar-refractivity contribution in [1.29, 1.82) is 0 Å². The Hall–Kier alpha value is -2.80. The number of rotatable bonds is 2. The molecule has 0 aromatic carbocycles. The van der Waals surface area contributed by atoms with Gasteiger partial charge < -0.3 is 9.88 Å². The van der Waals surface area contributed by atoms with Crippen LogP contribution in [0.2, 0.25) is 0 Å². The van der Waals surface area contributed by atoms with Crippen LogP contribution in [0.3, 0.4) is 0 Å². The van der Waals surface area contributed by atoms with E-state index in [1.807, 2.05) is 35.5 Å². The summed E-state index contributed by atoms with van der Waals surface area (Å²) in [5.41, 5.74) is 4.88. The van der Waals surface area contributed by atoms with E-state index in [-0.39, 0.29) is 0 Å². The molecule has 0 radical (unpaired) electrons. The van der Waals surface area contributed by atoms with Crippen molar-refractivity contribution in [2.75, 3.05) is 13.1 Å². The molecule has 1 saturated heterocycles. The first-order valence-electron chi connectivity index (χ1n) is 8.64. The first-order chi connectivity index (χ1) is 12.3. The highest BCUT2D eigenvalue weighted by Gasteiger charge is 2.19. The maximum Gasteiger partial charge on any atom is 0.165 e. The number of aryl methyl sites for hydroxylation is 1. The zero-order valence-electron chi connectivity index (χ0n) is 14.1. The molecule has 1 atom stereocenters. The highest BCUT2D eigenvalue weighted by molar-refractivity contribution is 5.79. The highest BCUT2D eigenvalue weighted by atomic mass is 15.2. The number of hydrogen-bond acceptors (Lipinski definition) is 5. The molecule has 1 fully saturated rings. The van der Waals surface area contributed by atoms with Crippen LogP contribution in [0.1, 0.15) is 24.4 Å². The van der Waals surface area contributed by atoms with Gasteiger partial charge >= 0.3 is 0 Å². The summed E-state index contributed by atoms with van der Waals surface area (Å²) < 4.78 is 4.04. The molecule has 0 bridgehead atoms. The number of piperidine rings is 1. The summed E-state index contributed by atoms with van der Waals surface area (Å²) in [6.45, 7) is 4.12. The summed E-state index contributed by atoms with van der Waals surface area (Å²) in [7, 11) is 0. The summed E-state index contributed by atoms with van der Waals surface area (Å²) >= 11 is 0. The molecule has 1 aliphatic heterocycles. The minimum atomic E-state index is 0.396. The molecular weight excluding hydrogens is 314 g/mol. The number of pyridine rings is 1. The van der Waals surface area contributed by atoms with Crippen molar-refractivity contribution < 1.29 is 0 Å². The van der Waals surface area contributed by atoms with E-state index >= 15 is 0 Å². The predicted octanol–water partition coefficient (Wildman–Crippen LogP) is 2.37. The number of fused-ring (bicyclic) bond motifs is 2. The van der Waals surface area contributed by atoms with E-state index < -0.39 is 0 Å². The summed E-state index contributed by atoms with van der Waals surface area (Å²) in [4.78, 5) is 13.9. The molecule has 0 aliphatic carbocycles. The van der Waals surface area contributed by atoms with Crippen LogP contribution in [0.4, 0.5) is 0 Å². The topological polar surface area (TPSA) is 72.9 Å². The third-order valence-corrected chi connectivity index (χ3v) is 4.90. The number of hydrogen-bond donors (Lipinski definition) is 1. The van der Waals surface area contributed by atoms with Gasteiger partial charge in [0, 0.05) is 18.8 Å². The molecule has 7 heteroatoms. The van der Waals surface area contributed by atoms with E-state index in [4.69, 9.17) is 4.98 Å². The zero-order chi connectivity index (χ0) is 16.8. The summed E-state index contributed by atoms with van der Waals surface area (Å²) in [6.07, 6.45) is 9.82. The third-order valence-electron chi connectivity index (χ3n) is 4.90. The van der Waals surface area contributed by atoms with E-state index in [0.717, 1.165) is 41.8 Å². The molecule has 1 unspecified atom stereocenters. The quantitative estimate of drug-likeness (QED) is 0.610. The fraction of sp³-hybridized carbons (Fsp3) is 0.333. The van der Waals surface area contributed by atoms with Crippen molar-refractivity contribution in [3.63, 3.8) is 0 Å². The van der Waals surface area contributed by atoms with E-state index in [1.54, 1.807) is 0 Å². The molecule has 0 spiro atoms. The minimum absolute atomic E-state index is 0.396. The molecule has 7 nitrogen and oxygen atoms in total. The lowest BCUT2D eigenvalue weighted by molar-refractivity contribution is 0.376. The van der Waals surface area contributed by atoms with Crippen LogP contribution in [-0.4, -0.2) is 42.2 Å². The van der Waals surface area contributed by atoms with Crippen molar-refractivity contribution in [3.8, 4) is 11.4 Å². The van der Waals surface area contributed by atoms with Gasteiger partial charge in [-0.15, -0.1) is 0 Å². The number of aromatic nitrogens is 6. The lowest BCUT2D eigenvalue weighted by atomic mass is 10.1. The van der Waals surface area contributed by atoms with Crippen LogP contribution in [0.5, 0.6) is 0 Å². The summed E-state index contributed by atoms with van der Waals surface area (Å²) in [5.74, 6) is 0.693. The Balaban J connectivity index is 1.65. The van der Waals surface area contributed by atoms with Gasteiger partial charge in [-0.2, -0.15) is 5.10 Å². The van der Waals surface area contributed by atoms with Gasteiger partial charge in [-0.3, -0.25) is 0 Å². The van der Waals surface area contributed by atoms with Crippen molar-refractivity contribution in [1.82, 2.24) is 34.4 Å². The Morgan fingerprint density at radius 3 is 3.08 bits per heavy atom. The summed E-state index contributed by atoms with van der Waals surface area (Å²) in [5, 5.41) is 7.88. The van der Waals surface area contributed by atoms with Gasteiger partial charge in [-0.1, -0.05) is 0 Å².